The van der Waals surface area contributed by atoms with E-state index in [9.17, 15) is 14.4 Å². The highest BCUT2D eigenvalue weighted by Crippen LogP contribution is 2.18. The van der Waals surface area contributed by atoms with Crippen molar-refractivity contribution >= 4 is 17.7 Å². The number of carbonyl (C=O) groups is 3. The van der Waals surface area contributed by atoms with Gasteiger partial charge in [-0.05, 0) is 12.0 Å². The maximum Gasteiger partial charge on any atom is 0.240 e. The summed E-state index contributed by atoms with van der Waals surface area (Å²) in [7, 11) is 0. The van der Waals surface area contributed by atoms with Crippen LogP contribution < -0.4 is 5.32 Å². The number of hydrogen-bond donors (Lipinski definition) is 1. The molecule has 1 atom stereocenters. The third-order valence-corrected chi connectivity index (χ3v) is 3.57. The van der Waals surface area contributed by atoms with Crippen LogP contribution in [0.5, 0.6) is 0 Å². The normalized spacial score (nSPS) is 16.1. The maximum absolute atomic E-state index is 12.1. The molecule has 0 aliphatic carbocycles. The van der Waals surface area contributed by atoms with Gasteiger partial charge in [0.05, 0.1) is 6.04 Å². The fourth-order valence-electron chi connectivity index (χ4n) is 2.48. The lowest BCUT2D eigenvalue weighted by atomic mass is 10.0. The third-order valence-electron chi connectivity index (χ3n) is 3.57. The van der Waals surface area contributed by atoms with Crippen molar-refractivity contribution in [2.75, 3.05) is 6.54 Å². The number of likely N-dealkylation sites (tertiary alicyclic amines) is 1. The van der Waals surface area contributed by atoms with Crippen molar-refractivity contribution in [3.63, 3.8) is 0 Å². The number of nitrogens with zero attached hydrogens (tertiary/aromatic N) is 1. The van der Waals surface area contributed by atoms with E-state index in [1.165, 1.54) is 0 Å². The molecule has 112 valence electrons. The van der Waals surface area contributed by atoms with E-state index in [0.29, 0.717) is 0 Å². The van der Waals surface area contributed by atoms with Crippen LogP contribution in [-0.2, 0) is 14.4 Å². The first kappa shape index (κ1) is 15.2. The first-order chi connectivity index (χ1) is 10.1. The fourth-order valence-corrected chi connectivity index (χ4v) is 2.48. The third kappa shape index (κ3) is 3.90. The molecule has 1 aromatic carbocycles. The molecule has 0 saturated carbocycles. The summed E-state index contributed by atoms with van der Waals surface area (Å²) in [6.07, 6.45) is 2.17. The summed E-state index contributed by atoms with van der Waals surface area (Å²) in [4.78, 5) is 36.2. The minimum Gasteiger partial charge on any atom is -0.348 e. The highest BCUT2D eigenvalue weighted by molar-refractivity contribution is 6.04. The standard InChI is InChI=1S/C16H20N2O3/c1-2-6-13(12-7-4-3-5-8-12)17-14(19)11-18-15(20)9-10-16(18)21/h3-5,7-8,13H,2,6,9-11H2,1H3,(H,17,19)/t13-/m1/s1. The van der Waals surface area contributed by atoms with Gasteiger partial charge in [-0.1, -0.05) is 43.7 Å². The van der Waals surface area contributed by atoms with E-state index in [1.807, 2.05) is 30.3 Å². The Bertz CT molecular complexity index is 512. The van der Waals surface area contributed by atoms with Gasteiger partial charge in [0.15, 0.2) is 0 Å². The van der Waals surface area contributed by atoms with Crippen molar-refractivity contribution in [3.8, 4) is 0 Å². The Labute approximate surface area is 124 Å². The Morgan fingerprint density at radius 1 is 1.19 bits per heavy atom. The first-order valence-corrected chi connectivity index (χ1v) is 7.29. The quantitative estimate of drug-likeness (QED) is 0.812. The van der Waals surface area contributed by atoms with E-state index in [2.05, 4.69) is 12.2 Å². The van der Waals surface area contributed by atoms with Gasteiger partial charge in [0.1, 0.15) is 6.54 Å². The summed E-state index contributed by atoms with van der Waals surface area (Å²) in [5.74, 6) is -0.815. The van der Waals surface area contributed by atoms with E-state index in [0.717, 1.165) is 23.3 Å². The SMILES string of the molecule is CCC[C@@H](NC(=O)CN1C(=O)CCC1=O)c1ccccc1. The van der Waals surface area contributed by atoms with Crippen molar-refractivity contribution < 1.29 is 14.4 Å². The predicted octanol–water partition coefficient (Wildman–Crippen LogP) is 1.79. The lowest BCUT2D eigenvalue weighted by molar-refractivity contribution is -0.142. The number of imide groups is 1. The summed E-state index contributed by atoms with van der Waals surface area (Å²) < 4.78 is 0. The molecule has 0 unspecified atom stereocenters. The fraction of sp³-hybridized carbons (Fsp3) is 0.438. The number of amides is 3. The highest BCUT2D eigenvalue weighted by Gasteiger charge is 2.30. The summed E-state index contributed by atoms with van der Waals surface area (Å²) in [6, 6.07) is 9.63. The van der Waals surface area contributed by atoms with E-state index in [1.54, 1.807) is 0 Å². The van der Waals surface area contributed by atoms with Gasteiger partial charge in [0.25, 0.3) is 0 Å². The lowest BCUT2D eigenvalue weighted by Crippen LogP contribution is -2.41. The van der Waals surface area contributed by atoms with E-state index >= 15 is 0 Å². The molecule has 1 heterocycles. The number of benzene rings is 1. The molecule has 5 heteroatoms. The second-order valence-electron chi connectivity index (χ2n) is 5.19. The van der Waals surface area contributed by atoms with Crippen LogP contribution in [0, 0.1) is 0 Å². The molecule has 1 aliphatic rings. The van der Waals surface area contributed by atoms with E-state index < -0.39 is 0 Å². The van der Waals surface area contributed by atoms with Crippen molar-refractivity contribution in [1.82, 2.24) is 10.2 Å². The molecule has 0 radical (unpaired) electrons. The molecule has 0 aromatic heterocycles. The highest BCUT2D eigenvalue weighted by atomic mass is 16.2. The molecule has 1 fully saturated rings. The molecule has 1 N–H and O–H groups in total. The van der Waals surface area contributed by atoms with Crippen LogP contribution in [0.15, 0.2) is 30.3 Å². The largest absolute Gasteiger partial charge is 0.348 e. The molecule has 3 amide bonds. The van der Waals surface area contributed by atoms with Crippen LogP contribution >= 0.6 is 0 Å². The van der Waals surface area contributed by atoms with Gasteiger partial charge >= 0.3 is 0 Å². The molecule has 0 spiro atoms. The smallest absolute Gasteiger partial charge is 0.240 e. The van der Waals surface area contributed by atoms with Gasteiger partial charge in [-0.15, -0.1) is 0 Å². The average Bonchev–Trinajstić information content (AvgIpc) is 2.79. The molecule has 2 rings (SSSR count). The van der Waals surface area contributed by atoms with Crippen LogP contribution in [0.1, 0.15) is 44.2 Å². The Morgan fingerprint density at radius 3 is 2.38 bits per heavy atom. The molecule has 1 saturated heterocycles. The molecular weight excluding hydrogens is 268 g/mol. The van der Waals surface area contributed by atoms with E-state index in [4.69, 9.17) is 0 Å². The number of rotatable bonds is 6. The van der Waals surface area contributed by atoms with Crippen LogP contribution in [0.4, 0.5) is 0 Å². The van der Waals surface area contributed by atoms with Crippen LogP contribution in [0.2, 0.25) is 0 Å². The van der Waals surface area contributed by atoms with Gasteiger partial charge in [-0.3, -0.25) is 19.3 Å². The minimum atomic E-state index is -0.291. The summed E-state index contributed by atoms with van der Waals surface area (Å²) >= 11 is 0. The lowest BCUT2D eigenvalue weighted by Gasteiger charge is -2.20. The summed E-state index contributed by atoms with van der Waals surface area (Å²) in [6.45, 7) is 1.88. The zero-order valence-corrected chi connectivity index (χ0v) is 12.2. The first-order valence-electron chi connectivity index (χ1n) is 7.29. The molecule has 1 aromatic rings. The molecule has 1 aliphatic heterocycles. The van der Waals surface area contributed by atoms with Crippen molar-refractivity contribution in [3.05, 3.63) is 35.9 Å². The van der Waals surface area contributed by atoms with Crippen LogP contribution in [-0.4, -0.2) is 29.2 Å². The second kappa shape index (κ2) is 7.02. The molecule has 21 heavy (non-hydrogen) atoms. The van der Waals surface area contributed by atoms with Gasteiger partial charge < -0.3 is 5.32 Å². The Kier molecular flexibility index (Phi) is 5.09. The summed E-state index contributed by atoms with van der Waals surface area (Å²) in [5, 5.41) is 2.92. The zero-order valence-electron chi connectivity index (χ0n) is 12.2. The summed E-state index contributed by atoms with van der Waals surface area (Å²) in [5.41, 5.74) is 1.03. The van der Waals surface area contributed by atoms with Crippen molar-refractivity contribution in [2.24, 2.45) is 0 Å². The Balaban J connectivity index is 1.98. The minimum absolute atomic E-state index is 0.0866. The van der Waals surface area contributed by atoms with Gasteiger partial charge in [0, 0.05) is 12.8 Å². The van der Waals surface area contributed by atoms with Crippen molar-refractivity contribution in [1.29, 1.82) is 0 Å². The second-order valence-corrected chi connectivity index (χ2v) is 5.19. The van der Waals surface area contributed by atoms with Gasteiger partial charge in [-0.2, -0.15) is 0 Å². The van der Waals surface area contributed by atoms with Crippen LogP contribution in [0.25, 0.3) is 0 Å². The predicted molar refractivity (Wildman–Crippen MR) is 78.2 cm³/mol. The molecule has 5 nitrogen and oxygen atoms in total. The van der Waals surface area contributed by atoms with Crippen LogP contribution in [0.3, 0.4) is 0 Å². The topological polar surface area (TPSA) is 66.5 Å². The number of nitrogens with one attached hydrogen (secondary N) is 1. The Morgan fingerprint density at radius 2 is 1.81 bits per heavy atom. The Hall–Kier alpha value is -2.17. The average molecular weight is 288 g/mol. The number of carbonyl (C=O) groups excluding carboxylic acids is 3. The van der Waals surface area contributed by atoms with Gasteiger partial charge in [-0.25, -0.2) is 0 Å². The van der Waals surface area contributed by atoms with E-state index in [-0.39, 0.29) is 43.1 Å². The molecule has 0 bridgehead atoms. The van der Waals surface area contributed by atoms with Crippen molar-refractivity contribution in [2.45, 2.75) is 38.6 Å². The van der Waals surface area contributed by atoms with Gasteiger partial charge in [0.2, 0.25) is 17.7 Å². The molecular formula is C16H20N2O3. The zero-order chi connectivity index (χ0) is 15.2. The number of hydrogen-bond acceptors (Lipinski definition) is 3. The monoisotopic (exact) mass is 288 g/mol. The maximum atomic E-state index is 12.1.